The molecule has 0 aromatic carbocycles. The second-order valence-electron chi connectivity index (χ2n) is 15.1. The third kappa shape index (κ3) is 16.7. The van der Waals surface area contributed by atoms with E-state index in [1.54, 1.807) is 0 Å². The van der Waals surface area contributed by atoms with E-state index in [1.165, 1.54) is 161 Å². The lowest BCUT2D eigenvalue weighted by Crippen LogP contribution is -2.14. The maximum absolute atomic E-state index is 5.95. The third-order valence-electron chi connectivity index (χ3n) is 10.6. The molecular weight excluding hydrogens is 472 g/mol. The van der Waals surface area contributed by atoms with Gasteiger partial charge < -0.3 is 4.74 Å². The van der Waals surface area contributed by atoms with Crippen molar-refractivity contribution in [2.75, 3.05) is 13.2 Å². The molecule has 0 bridgehead atoms. The van der Waals surface area contributed by atoms with Gasteiger partial charge in [-0.1, -0.05) is 135 Å². The summed E-state index contributed by atoms with van der Waals surface area (Å²) >= 11 is 0. The highest BCUT2D eigenvalue weighted by Gasteiger charge is 2.22. The molecule has 0 saturated heterocycles. The fraction of sp³-hybridized carbons (Fsp3) is 0.947. The Bertz CT molecular complexity index is 602. The van der Waals surface area contributed by atoms with E-state index >= 15 is 0 Å². The fourth-order valence-electron chi connectivity index (χ4n) is 7.58. The van der Waals surface area contributed by atoms with Crippen molar-refractivity contribution in [1.29, 1.82) is 0 Å². The van der Waals surface area contributed by atoms with E-state index in [-0.39, 0.29) is 0 Å². The van der Waals surface area contributed by atoms with Crippen LogP contribution in [0.2, 0.25) is 0 Å². The molecule has 3 saturated carbocycles. The van der Waals surface area contributed by atoms with Crippen molar-refractivity contribution >= 4 is 0 Å². The zero-order chi connectivity index (χ0) is 27.5. The molecule has 0 amide bonds. The molecule has 0 spiro atoms. The van der Waals surface area contributed by atoms with E-state index in [1.807, 2.05) is 5.57 Å². The summed E-state index contributed by atoms with van der Waals surface area (Å²) in [5.74, 6) is 5.66. The first-order valence-electron chi connectivity index (χ1n) is 18.3. The molecule has 0 heterocycles. The Morgan fingerprint density at radius 1 is 0.615 bits per heavy atom. The van der Waals surface area contributed by atoms with Gasteiger partial charge in [0.15, 0.2) is 0 Å². The van der Waals surface area contributed by atoms with E-state index in [0.717, 1.165) is 48.7 Å². The number of rotatable bonds is 23. The quantitative estimate of drug-likeness (QED) is 0.0921. The molecule has 39 heavy (non-hydrogen) atoms. The minimum atomic E-state index is 0.724. The van der Waals surface area contributed by atoms with Crippen molar-refractivity contribution < 1.29 is 4.74 Å². The molecule has 3 aliphatic rings. The molecule has 0 N–H and O–H groups in total. The Balaban J connectivity index is 1.28. The van der Waals surface area contributed by atoms with Gasteiger partial charge in [-0.15, -0.1) is 0 Å². The lowest BCUT2D eigenvalue weighted by atomic mass is 9.77. The van der Waals surface area contributed by atoms with Crippen molar-refractivity contribution in [3.8, 4) is 0 Å². The Hall–Kier alpha value is -0.300. The van der Waals surface area contributed by atoms with E-state index in [2.05, 4.69) is 26.8 Å². The maximum atomic E-state index is 5.95. The van der Waals surface area contributed by atoms with Gasteiger partial charge >= 0.3 is 0 Å². The Kier molecular flexibility index (Phi) is 17.5. The number of unbranched alkanes of at least 4 members (excludes halogenated alkanes) is 4. The molecular formula is C38H70O. The van der Waals surface area contributed by atoms with Gasteiger partial charge in [0, 0.05) is 13.2 Å². The summed E-state index contributed by atoms with van der Waals surface area (Å²) < 4.78 is 5.95. The second kappa shape index (κ2) is 20.6. The van der Waals surface area contributed by atoms with Crippen LogP contribution in [0.3, 0.4) is 0 Å². The molecule has 1 atom stereocenters. The van der Waals surface area contributed by atoms with E-state index in [4.69, 9.17) is 4.74 Å². The van der Waals surface area contributed by atoms with Crippen LogP contribution in [-0.2, 0) is 4.74 Å². The van der Waals surface area contributed by atoms with E-state index < -0.39 is 0 Å². The molecule has 0 aromatic rings. The molecule has 3 fully saturated rings. The molecule has 228 valence electrons. The highest BCUT2D eigenvalue weighted by molar-refractivity contribution is 5.02. The average Bonchev–Trinajstić information content (AvgIpc) is 3.60. The van der Waals surface area contributed by atoms with Gasteiger partial charge in [0.25, 0.3) is 0 Å². The normalized spacial score (nSPS) is 23.6. The molecule has 0 radical (unpaired) electrons. The smallest absolute Gasteiger partial charge is 0.0494 e. The molecule has 0 aromatic heterocycles. The molecule has 3 aliphatic carbocycles. The summed E-state index contributed by atoms with van der Waals surface area (Å²) in [5.41, 5.74) is 1.81. The molecule has 3 rings (SSSR count). The van der Waals surface area contributed by atoms with Crippen LogP contribution in [0.5, 0.6) is 0 Å². The second-order valence-corrected chi connectivity index (χ2v) is 15.1. The Morgan fingerprint density at radius 3 is 1.87 bits per heavy atom. The number of allylic oxidation sites excluding steroid dienone is 2. The monoisotopic (exact) mass is 543 g/mol. The van der Waals surface area contributed by atoms with Crippen LogP contribution in [0.1, 0.15) is 181 Å². The zero-order valence-corrected chi connectivity index (χ0v) is 27.0. The van der Waals surface area contributed by atoms with Crippen molar-refractivity contribution in [2.45, 2.75) is 181 Å². The third-order valence-corrected chi connectivity index (χ3v) is 10.6. The number of hydrogen-bond acceptors (Lipinski definition) is 1. The topological polar surface area (TPSA) is 9.23 Å². The van der Waals surface area contributed by atoms with Gasteiger partial charge in [-0.25, -0.2) is 0 Å². The summed E-state index contributed by atoms with van der Waals surface area (Å²) in [7, 11) is 0. The first-order valence-corrected chi connectivity index (χ1v) is 18.3. The van der Waals surface area contributed by atoms with Crippen LogP contribution in [0.4, 0.5) is 0 Å². The fourth-order valence-corrected chi connectivity index (χ4v) is 7.58. The molecule has 1 nitrogen and oxygen atoms in total. The highest BCUT2D eigenvalue weighted by atomic mass is 16.5. The lowest BCUT2D eigenvalue weighted by Gasteiger charge is -2.28. The predicted octanol–water partition coefficient (Wildman–Crippen LogP) is 12.5. The average molecular weight is 543 g/mol. The molecule has 1 heteroatoms. The first-order chi connectivity index (χ1) is 19.1. The summed E-state index contributed by atoms with van der Waals surface area (Å²) in [6.45, 7) is 9.14. The van der Waals surface area contributed by atoms with E-state index in [9.17, 15) is 0 Å². The molecule has 1 unspecified atom stereocenters. The summed E-state index contributed by atoms with van der Waals surface area (Å²) in [4.78, 5) is 0. The number of ether oxygens (including phenoxy) is 1. The Morgan fingerprint density at radius 2 is 1.21 bits per heavy atom. The van der Waals surface area contributed by atoms with Gasteiger partial charge in [-0.05, 0) is 93.3 Å². The molecule has 0 aliphatic heterocycles. The van der Waals surface area contributed by atoms with Gasteiger partial charge in [0.05, 0.1) is 0 Å². The van der Waals surface area contributed by atoms with Crippen LogP contribution < -0.4 is 0 Å². The first kappa shape index (κ1) is 33.2. The SMILES string of the molecule is CC(C)CCCCC1CCC(CCC/C(=C\CCCC(C)COCC2CC2)CCCCCC2CCCC2)CC1. The largest absolute Gasteiger partial charge is 0.381 e. The van der Waals surface area contributed by atoms with Gasteiger partial charge in [-0.2, -0.15) is 0 Å². The zero-order valence-electron chi connectivity index (χ0n) is 27.0. The van der Waals surface area contributed by atoms with Crippen LogP contribution in [0.15, 0.2) is 11.6 Å². The van der Waals surface area contributed by atoms with E-state index in [0.29, 0.717) is 0 Å². The van der Waals surface area contributed by atoms with Crippen molar-refractivity contribution in [3.05, 3.63) is 11.6 Å². The number of hydrogen-bond donors (Lipinski definition) is 0. The van der Waals surface area contributed by atoms with Crippen molar-refractivity contribution in [2.24, 2.45) is 35.5 Å². The van der Waals surface area contributed by atoms with Crippen LogP contribution >= 0.6 is 0 Å². The van der Waals surface area contributed by atoms with Crippen molar-refractivity contribution in [3.63, 3.8) is 0 Å². The Labute approximate surface area is 246 Å². The van der Waals surface area contributed by atoms with Crippen LogP contribution in [0.25, 0.3) is 0 Å². The van der Waals surface area contributed by atoms with Crippen molar-refractivity contribution in [1.82, 2.24) is 0 Å². The summed E-state index contributed by atoms with van der Waals surface area (Å²) in [6, 6.07) is 0. The lowest BCUT2D eigenvalue weighted by molar-refractivity contribution is 0.0932. The van der Waals surface area contributed by atoms with Gasteiger partial charge in [0.1, 0.15) is 0 Å². The maximum Gasteiger partial charge on any atom is 0.0494 e. The van der Waals surface area contributed by atoms with Crippen LogP contribution in [-0.4, -0.2) is 13.2 Å². The minimum absolute atomic E-state index is 0.724. The standard InChI is InChI=1S/C38H70O/c1-32(2)14-7-9-21-36-24-26-37(27-25-36)23-13-22-35(17-6-4-5-16-34-19-11-12-20-34)18-10-8-15-33(3)30-39-31-38-28-29-38/h18,32-34,36-38H,4-17,19-31H2,1-3H3/b35-18-. The van der Waals surface area contributed by atoms with Crippen LogP contribution in [0, 0.1) is 35.5 Å². The highest BCUT2D eigenvalue weighted by Crippen LogP contribution is 2.35. The van der Waals surface area contributed by atoms with Gasteiger partial charge in [0.2, 0.25) is 0 Å². The van der Waals surface area contributed by atoms with Gasteiger partial charge in [-0.3, -0.25) is 0 Å². The summed E-state index contributed by atoms with van der Waals surface area (Å²) in [5, 5.41) is 0. The minimum Gasteiger partial charge on any atom is -0.381 e. The summed E-state index contributed by atoms with van der Waals surface area (Å²) in [6.07, 6.45) is 39.1. The predicted molar refractivity (Wildman–Crippen MR) is 172 cm³/mol.